The number of carbonyl (C=O) groups is 1. The number of methoxy groups -OCH3 is 1. The first-order valence-corrected chi connectivity index (χ1v) is 11.6. The fraction of sp³-hybridized carbons (Fsp3) is 0.208. The van der Waals surface area contributed by atoms with Gasteiger partial charge in [0.05, 0.1) is 31.3 Å². The molecule has 0 radical (unpaired) electrons. The van der Waals surface area contributed by atoms with Crippen LogP contribution in [0.25, 0.3) is 0 Å². The monoisotopic (exact) mass is 438 g/mol. The second-order valence-electron chi connectivity index (χ2n) is 7.41. The highest BCUT2D eigenvalue weighted by Crippen LogP contribution is 2.27. The molecule has 0 heterocycles. The molecule has 1 N–H and O–H groups in total. The van der Waals surface area contributed by atoms with Gasteiger partial charge in [-0.1, -0.05) is 36.4 Å². The summed E-state index contributed by atoms with van der Waals surface area (Å²) in [4.78, 5) is 12.6. The Kier molecular flexibility index (Phi) is 6.65. The molecule has 0 unspecified atom stereocenters. The van der Waals surface area contributed by atoms with Crippen LogP contribution in [0, 0.1) is 13.8 Å². The highest BCUT2D eigenvalue weighted by molar-refractivity contribution is 7.92. The number of amides is 1. The minimum absolute atomic E-state index is 0.178. The van der Waals surface area contributed by atoms with Crippen LogP contribution in [0.1, 0.15) is 27.0 Å². The Morgan fingerprint density at radius 1 is 1.00 bits per heavy atom. The van der Waals surface area contributed by atoms with E-state index in [4.69, 9.17) is 4.74 Å². The highest BCUT2D eigenvalue weighted by Gasteiger charge is 2.20. The number of nitrogens with one attached hydrogen (secondary N) is 1. The second-order valence-corrected chi connectivity index (χ2v) is 9.32. The van der Waals surface area contributed by atoms with Crippen molar-refractivity contribution in [2.45, 2.75) is 20.4 Å². The summed E-state index contributed by atoms with van der Waals surface area (Å²) in [5, 5.41) is 2.83. The van der Waals surface area contributed by atoms with E-state index in [1.54, 1.807) is 43.5 Å². The van der Waals surface area contributed by atoms with E-state index in [9.17, 15) is 13.2 Å². The molecule has 3 aromatic carbocycles. The number of hydrogen-bond acceptors (Lipinski definition) is 4. The van der Waals surface area contributed by atoms with E-state index in [0.717, 1.165) is 16.7 Å². The second kappa shape index (κ2) is 9.22. The fourth-order valence-electron chi connectivity index (χ4n) is 3.24. The van der Waals surface area contributed by atoms with Crippen LogP contribution in [0.3, 0.4) is 0 Å². The number of para-hydroxylation sites is 2. The zero-order chi connectivity index (χ0) is 22.6. The Hall–Kier alpha value is -3.32. The predicted molar refractivity (Wildman–Crippen MR) is 124 cm³/mol. The van der Waals surface area contributed by atoms with Crippen LogP contribution in [0.4, 0.5) is 11.4 Å². The molecule has 0 aliphatic carbocycles. The molecule has 0 bridgehead atoms. The first-order valence-electron chi connectivity index (χ1n) is 9.77. The van der Waals surface area contributed by atoms with Gasteiger partial charge in [0.25, 0.3) is 5.91 Å². The molecular weight excluding hydrogens is 412 g/mol. The smallest absolute Gasteiger partial charge is 0.255 e. The number of rotatable bonds is 7. The molecule has 0 atom stereocenters. The minimum Gasteiger partial charge on any atom is -0.495 e. The number of ether oxygens (including phenoxy) is 1. The number of anilines is 2. The summed E-state index contributed by atoms with van der Waals surface area (Å²) in [5.74, 6) is 0.301. The average molecular weight is 439 g/mol. The topological polar surface area (TPSA) is 75.7 Å². The summed E-state index contributed by atoms with van der Waals surface area (Å²) in [6.07, 6.45) is 1.20. The minimum atomic E-state index is -3.49. The molecule has 0 aromatic heterocycles. The molecule has 1 amide bonds. The van der Waals surface area contributed by atoms with E-state index in [2.05, 4.69) is 5.32 Å². The van der Waals surface area contributed by atoms with Crippen LogP contribution < -0.4 is 14.4 Å². The Balaban J connectivity index is 1.81. The van der Waals surface area contributed by atoms with Gasteiger partial charge >= 0.3 is 0 Å². The van der Waals surface area contributed by atoms with Gasteiger partial charge in [-0.25, -0.2) is 8.42 Å². The van der Waals surface area contributed by atoms with Crippen molar-refractivity contribution in [2.24, 2.45) is 0 Å². The van der Waals surface area contributed by atoms with E-state index >= 15 is 0 Å². The third-order valence-corrected chi connectivity index (χ3v) is 6.06. The standard InChI is InChI=1S/C24H26N2O4S/c1-17-9-10-18(2)22(15-17)26(31(4,28)29)16-19-11-13-20(14-12-19)24(27)25-21-7-5-6-8-23(21)30-3/h5-15H,16H2,1-4H3,(H,25,27). The highest BCUT2D eigenvalue weighted by atomic mass is 32.2. The van der Waals surface area contributed by atoms with Crippen molar-refractivity contribution in [3.63, 3.8) is 0 Å². The average Bonchev–Trinajstić information content (AvgIpc) is 2.74. The van der Waals surface area contributed by atoms with Gasteiger partial charge in [0.1, 0.15) is 5.75 Å². The third kappa shape index (κ3) is 5.44. The number of benzene rings is 3. The van der Waals surface area contributed by atoms with Crippen LogP contribution in [0.5, 0.6) is 5.75 Å². The van der Waals surface area contributed by atoms with Gasteiger partial charge in [0.2, 0.25) is 10.0 Å². The first-order chi connectivity index (χ1) is 14.7. The Morgan fingerprint density at radius 3 is 2.32 bits per heavy atom. The molecule has 0 spiro atoms. The van der Waals surface area contributed by atoms with E-state index < -0.39 is 10.0 Å². The molecular formula is C24H26N2O4S. The summed E-state index contributed by atoms with van der Waals surface area (Å²) in [5.41, 5.74) is 4.34. The van der Waals surface area contributed by atoms with Gasteiger partial charge in [-0.2, -0.15) is 0 Å². The summed E-state index contributed by atoms with van der Waals surface area (Å²) in [7, 11) is -1.95. The van der Waals surface area contributed by atoms with Crippen molar-refractivity contribution >= 4 is 27.3 Å². The molecule has 0 saturated heterocycles. The zero-order valence-electron chi connectivity index (χ0n) is 18.0. The third-order valence-electron chi connectivity index (χ3n) is 4.93. The number of hydrogen-bond donors (Lipinski definition) is 1. The Bertz CT molecular complexity index is 1190. The molecule has 0 aliphatic rings. The van der Waals surface area contributed by atoms with E-state index in [1.807, 2.05) is 44.2 Å². The molecule has 7 heteroatoms. The van der Waals surface area contributed by atoms with Crippen molar-refractivity contribution < 1.29 is 17.9 Å². The summed E-state index contributed by atoms with van der Waals surface area (Å²) >= 11 is 0. The molecule has 3 rings (SSSR count). The molecule has 0 saturated carbocycles. The van der Waals surface area contributed by atoms with Crippen molar-refractivity contribution in [3.05, 3.63) is 89.0 Å². The van der Waals surface area contributed by atoms with Crippen LogP contribution >= 0.6 is 0 Å². The van der Waals surface area contributed by atoms with E-state index in [0.29, 0.717) is 22.7 Å². The summed E-state index contributed by atoms with van der Waals surface area (Å²) in [6, 6.07) is 19.8. The van der Waals surface area contributed by atoms with Gasteiger partial charge in [-0.15, -0.1) is 0 Å². The van der Waals surface area contributed by atoms with Crippen molar-refractivity contribution in [1.82, 2.24) is 0 Å². The number of sulfonamides is 1. The fourth-order valence-corrected chi connectivity index (χ4v) is 4.18. The van der Waals surface area contributed by atoms with Crippen LogP contribution in [-0.2, 0) is 16.6 Å². The van der Waals surface area contributed by atoms with Crippen molar-refractivity contribution in [3.8, 4) is 5.75 Å². The quantitative estimate of drug-likeness (QED) is 0.588. The maximum Gasteiger partial charge on any atom is 0.255 e. The van der Waals surface area contributed by atoms with Gasteiger partial charge in [0.15, 0.2) is 0 Å². The molecule has 6 nitrogen and oxygen atoms in total. The molecule has 0 fully saturated rings. The van der Waals surface area contributed by atoms with Gasteiger partial charge < -0.3 is 10.1 Å². The normalized spacial score (nSPS) is 11.1. The molecule has 3 aromatic rings. The summed E-state index contributed by atoms with van der Waals surface area (Å²) < 4.78 is 31.6. The van der Waals surface area contributed by atoms with Crippen molar-refractivity contribution in [2.75, 3.05) is 23.0 Å². The van der Waals surface area contributed by atoms with E-state index in [-0.39, 0.29) is 12.5 Å². The lowest BCUT2D eigenvalue weighted by Crippen LogP contribution is -2.30. The largest absolute Gasteiger partial charge is 0.495 e. The summed E-state index contributed by atoms with van der Waals surface area (Å²) in [6.45, 7) is 3.99. The Labute approximate surface area is 183 Å². The maximum atomic E-state index is 12.6. The lowest BCUT2D eigenvalue weighted by atomic mass is 10.1. The zero-order valence-corrected chi connectivity index (χ0v) is 18.9. The maximum absolute atomic E-state index is 12.6. The number of nitrogens with zero attached hydrogens (tertiary/aromatic N) is 1. The number of carbonyl (C=O) groups excluding carboxylic acids is 1. The van der Waals surface area contributed by atoms with Gasteiger partial charge in [0, 0.05) is 5.56 Å². The van der Waals surface area contributed by atoms with E-state index in [1.165, 1.54) is 10.6 Å². The van der Waals surface area contributed by atoms with Crippen LogP contribution in [0.15, 0.2) is 66.7 Å². The molecule has 162 valence electrons. The SMILES string of the molecule is COc1ccccc1NC(=O)c1ccc(CN(c2cc(C)ccc2C)S(C)(=O)=O)cc1. The van der Waals surface area contributed by atoms with Crippen LogP contribution in [0.2, 0.25) is 0 Å². The molecule has 31 heavy (non-hydrogen) atoms. The lowest BCUT2D eigenvalue weighted by Gasteiger charge is -2.25. The first kappa shape index (κ1) is 22.4. The van der Waals surface area contributed by atoms with Crippen LogP contribution in [-0.4, -0.2) is 27.7 Å². The van der Waals surface area contributed by atoms with Gasteiger partial charge in [-0.3, -0.25) is 9.10 Å². The van der Waals surface area contributed by atoms with Crippen molar-refractivity contribution in [1.29, 1.82) is 0 Å². The number of aryl methyl sites for hydroxylation is 2. The molecule has 0 aliphatic heterocycles. The lowest BCUT2D eigenvalue weighted by molar-refractivity contribution is 0.102. The van der Waals surface area contributed by atoms with Gasteiger partial charge in [-0.05, 0) is 60.9 Å². The Morgan fingerprint density at radius 2 is 1.68 bits per heavy atom. The predicted octanol–water partition coefficient (Wildman–Crippen LogP) is 4.53.